The molecule has 156 valence electrons. The average Bonchev–Trinajstić information content (AvgIpc) is 3.52. The van der Waals surface area contributed by atoms with Gasteiger partial charge in [0.05, 0.1) is 18.7 Å². The first-order valence-electron chi connectivity index (χ1n) is 9.96. The number of hydrogen-bond donors (Lipinski definition) is 2. The molecule has 2 aliphatic rings. The molecular weight excluding hydrogens is 401 g/mol. The van der Waals surface area contributed by atoms with E-state index in [2.05, 4.69) is 65.2 Å². The number of benzene rings is 1. The van der Waals surface area contributed by atoms with Crippen molar-refractivity contribution in [1.29, 1.82) is 0 Å². The number of anilines is 2. The average molecular weight is 419 g/mol. The fourth-order valence-corrected chi connectivity index (χ4v) is 4.09. The molecule has 1 saturated heterocycles. The zero-order valence-corrected chi connectivity index (χ0v) is 16.4. The SMILES string of the molecule is FC1(c2c[nH]nn2)CN(c2nnc(-c3cnc(NC4Cc5ccccc5C4)nc3)o2)C1. The molecule has 10 nitrogen and oxygen atoms in total. The normalized spacial score (nSPS) is 17.4. The summed E-state index contributed by atoms with van der Waals surface area (Å²) in [4.78, 5) is 10.4. The van der Waals surface area contributed by atoms with Gasteiger partial charge in [0.2, 0.25) is 5.95 Å². The quantitative estimate of drug-likeness (QED) is 0.499. The minimum absolute atomic E-state index is 0.0737. The van der Waals surface area contributed by atoms with Crippen molar-refractivity contribution in [2.24, 2.45) is 0 Å². The molecule has 0 bridgehead atoms. The summed E-state index contributed by atoms with van der Waals surface area (Å²) in [7, 11) is 0. The molecule has 1 aromatic carbocycles. The number of hydrogen-bond acceptors (Lipinski definition) is 9. The predicted molar refractivity (Wildman–Crippen MR) is 108 cm³/mol. The Labute approximate surface area is 175 Å². The third-order valence-corrected chi connectivity index (χ3v) is 5.73. The number of nitrogens with zero attached hydrogens (tertiary/aromatic N) is 7. The van der Waals surface area contributed by atoms with Gasteiger partial charge in [0, 0.05) is 24.6 Å². The summed E-state index contributed by atoms with van der Waals surface area (Å²) in [6, 6.07) is 8.96. The van der Waals surface area contributed by atoms with Gasteiger partial charge in [-0.15, -0.1) is 10.2 Å². The molecule has 0 radical (unpaired) electrons. The van der Waals surface area contributed by atoms with Crippen molar-refractivity contribution in [1.82, 2.24) is 35.6 Å². The van der Waals surface area contributed by atoms with Crippen LogP contribution in [0, 0.1) is 0 Å². The third kappa shape index (κ3) is 3.18. The number of aromatic amines is 1. The minimum Gasteiger partial charge on any atom is -0.403 e. The van der Waals surface area contributed by atoms with Crippen LogP contribution in [0.5, 0.6) is 0 Å². The van der Waals surface area contributed by atoms with E-state index in [1.165, 1.54) is 17.3 Å². The van der Waals surface area contributed by atoms with Crippen molar-refractivity contribution < 1.29 is 8.81 Å². The number of aromatic nitrogens is 7. The van der Waals surface area contributed by atoms with Crippen molar-refractivity contribution in [3.63, 3.8) is 0 Å². The van der Waals surface area contributed by atoms with Gasteiger partial charge >= 0.3 is 6.01 Å². The van der Waals surface area contributed by atoms with Gasteiger partial charge in [-0.2, -0.15) is 0 Å². The van der Waals surface area contributed by atoms with E-state index in [1.807, 2.05) is 0 Å². The molecule has 1 fully saturated rings. The van der Waals surface area contributed by atoms with Gasteiger partial charge in [-0.25, -0.2) is 14.4 Å². The smallest absolute Gasteiger partial charge is 0.318 e. The molecule has 1 aliphatic carbocycles. The molecule has 0 spiro atoms. The standard InChI is InChI=1S/C20H18FN9O/c21-20(16-9-24-29-26-16)10-30(11-20)19-28-27-17(31-19)14-7-22-18(23-8-14)25-15-5-12-3-1-2-4-13(12)6-15/h1-4,7-9,15H,5-6,10-11H2,(H,22,23,25)(H,24,26,29). The number of fused-ring (bicyclic) bond motifs is 1. The Bertz CT molecular complexity index is 1180. The van der Waals surface area contributed by atoms with E-state index in [0.29, 0.717) is 11.5 Å². The molecule has 4 aromatic rings. The van der Waals surface area contributed by atoms with Crippen LogP contribution in [0.3, 0.4) is 0 Å². The first-order chi connectivity index (χ1) is 15.2. The topological polar surface area (TPSA) is 122 Å². The van der Waals surface area contributed by atoms with Gasteiger partial charge in [-0.3, -0.25) is 5.10 Å². The number of rotatable bonds is 5. The van der Waals surface area contributed by atoms with Crippen molar-refractivity contribution >= 4 is 12.0 Å². The molecule has 0 saturated carbocycles. The van der Waals surface area contributed by atoms with E-state index in [-0.39, 0.29) is 36.7 Å². The molecule has 4 heterocycles. The second-order valence-corrected chi connectivity index (χ2v) is 7.88. The van der Waals surface area contributed by atoms with Crippen LogP contribution < -0.4 is 10.2 Å². The maximum absolute atomic E-state index is 14.8. The molecule has 0 atom stereocenters. The van der Waals surface area contributed by atoms with Crippen LogP contribution in [0.15, 0.2) is 47.3 Å². The fourth-order valence-electron chi connectivity index (χ4n) is 4.09. The maximum Gasteiger partial charge on any atom is 0.318 e. The highest BCUT2D eigenvalue weighted by molar-refractivity contribution is 5.52. The molecule has 31 heavy (non-hydrogen) atoms. The van der Waals surface area contributed by atoms with Gasteiger partial charge < -0.3 is 14.6 Å². The number of alkyl halides is 1. The number of halogens is 1. The lowest BCUT2D eigenvalue weighted by Crippen LogP contribution is -2.57. The molecule has 0 unspecified atom stereocenters. The second-order valence-electron chi connectivity index (χ2n) is 7.88. The monoisotopic (exact) mass is 419 g/mol. The van der Waals surface area contributed by atoms with E-state index in [9.17, 15) is 4.39 Å². The number of H-pyrrole nitrogens is 1. The summed E-state index contributed by atoms with van der Waals surface area (Å²) in [6.07, 6.45) is 6.64. The predicted octanol–water partition coefficient (Wildman–Crippen LogP) is 1.91. The van der Waals surface area contributed by atoms with Crippen LogP contribution in [0.4, 0.5) is 16.4 Å². The summed E-state index contributed by atoms with van der Waals surface area (Å²) < 4.78 is 20.4. The highest BCUT2D eigenvalue weighted by Crippen LogP contribution is 2.37. The van der Waals surface area contributed by atoms with Gasteiger partial charge in [0.25, 0.3) is 5.89 Å². The van der Waals surface area contributed by atoms with Crippen LogP contribution in [0.1, 0.15) is 16.8 Å². The van der Waals surface area contributed by atoms with E-state index < -0.39 is 5.67 Å². The molecule has 3 aromatic heterocycles. The molecule has 1 aliphatic heterocycles. The first kappa shape index (κ1) is 17.9. The van der Waals surface area contributed by atoms with E-state index in [0.717, 1.165) is 12.8 Å². The summed E-state index contributed by atoms with van der Waals surface area (Å²) in [5, 5.41) is 21.3. The largest absolute Gasteiger partial charge is 0.403 e. The van der Waals surface area contributed by atoms with Gasteiger partial charge in [0.15, 0.2) is 5.67 Å². The van der Waals surface area contributed by atoms with Crippen LogP contribution in [0.25, 0.3) is 11.5 Å². The van der Waals surface area contributed by atoms with E-state index in [4.69, 9.17) is 4.42 Å². The van der Waals surface area contributed by atoms with Crippen LogP contribution in [-0.2, 0) is 18.5 Å². The molecule has 6 rings (SSSR count). The van der Waals surface area contributed by atoms with E-state index >= 15 is 0 Å². The summed E-state index contributed by atoms with van der Waals surface area (Å²) >= 11 is 0. The van der Waals surface area contributed by atoms with Crippen LogP contribution in [0.2, 0.25) is 0 Å². The third-order valence-electron chi connectivity index (χ3n) is 5.73. The minimum atomic E-state index is -1.57. The van der Waals surface area contributed by atoms with Gasteiger partial charge in [-0.1, -0.05) is 34.6 Å². The molecule has 11 heteroatoms. The summed E-state index contributed by atoms with van der Waals surface area (Å²) in [6.45, 7) is 0.147. The van der Waals surface area contributed by atoms with Crippen LogP contribution >= 0.6 is 0 Å². The zero-order chi connectivity index (χ0) is 20.8. The Morgan fingerprint density at radius 1 is 1.06 bits per heavy atom. The van der Waals surface area contributed by atoms with Crippen molar-refractivity contribution in [2.75, 3.05) is 23.3 Å². The highest BCUT2D eigenvalue weighted by atomic mass is 19.1. The highest BCUT2D eigenvalue weighted by Gasteiger charge is 2.49. The Kier molecular flexibility index (Phi) is 3.95. The lowest BCUT2D eigenvalue weighted by molar-refractivity contribution is 0.109. The van der Waals surface area contributed by atoms with Crippen molar-refractivity contribution in [3.05, 3.63) is 59.7 Å². The lowest BCUT2D eigenvalue weighted by atomic mass is 9.94. The molecular formula is C20H18FN9O. The number of nitrogens with one attached hydrogen (secondary N) is 2. The van der Waals surface area contributed by atoms with Crippen molar-refractivity contribution in [2.45, 2.75) is 24.6 Å². The molecule has 0 amide bonds. The van der Waals surface area contributed by atoms with Gasteiger partial charge in [0.1, 0.15) is 5.69 Å². The lowest BCUT2D eigenvalue weighted by Gasteiger charge is -2.41. The zero-order valence-electron chi connectivity index (χ0n) is 16.4. The van der Waals surface area contributed by atoms with Crippen molar-refractivity contribution in [3.8, 4) is 11.5 Å². The van der Waals surface area contributed by atoms with Crippen LogP contribution in [-0.4, -0.2) is 54.7 Å². The fraction of sp³-hybridized carbons (Fsp3) is 0.300. The second kappa shape index (κ2) is 6.83. The Balaban J connectivity index is 1.10. The summed E-state index contributed by atoms with van der Waals surface area (Å²) in [5.41, 5.74) is 2.02. The first-order valence-corrected chi connectivity index (χ1v) is 9.96. The van der Waals surface area contributed by atoms with Gasteiger partial charge in [-0.05, 0) is 24.0 Å². The Morgan fingerprint density at radius 2 is 1.81 bits per heavy atom. The Hall–Kier alpha value is -3.89. The maximum atomic E-state index is 14.8. The van der Waals surface area contributed by atoms with E-state index in [1.54, 1.807) is 17.3 Å². The summed E-state index contributed by atoms with van der Waals surface area (Å²) in [5.74, 6) is 0.839. The Morgan fingerprint density at radius 3 is 2.48 bits per heavy atom. The molecule has 2 N–H and O–H groups in total.